The summed E-state index contributed by atoms with van der Waals surface area (Å²) < 4.78 is 5.43. The highest BCUT2D eigenvalue weighted by molar-refractivity contribution is 6.31. The lowest BCUT2D eigenvalue weighted by molar-refractivity contribution is 0.270. The normalized spacial score (nSPS) is 25.2. The molecule has 1 aliphatic heterocycles. The van der Waals surface area contributed by atoms with Crippen molar-refractivity contribution in [2.24, 2.45) is 11.7 Å². The van der Waals surface area contributed by atoms with Gasteiger partial charge >= 0.3 is 0 Å². The smallest absolute Gasteiger partial charge is 0.125 e. The molecule has 1 aliphatic rings. The van der Waals surface area contributed by atoms with E-state index in [9.17, 15) is 0 Å². The summed E-state index contributed by atoms with van der Waals surface area (Å²) in [6, 6.07) is 6.06. The van der Waals surface area contributed by atoms with Crippen molar-refractivity contribution >= 4 is 11.6 Å². The van der Waals surface area contributed by atoms with Crippen LogP contribution in [0.3, 0.4) is 0 Å². The minimum atomic E-state index is 0.267. The molecule has 0 amide bonds. The van der Waals surface area contributed by atoms with Crippen LogP contribution in [-0.2, 0) is 0 Å². The molecule has 2 atom stereocenters. The van der Waals surface area contributed by atoms with Gasteiger partial charge in [-0.15, -0.1) is 0 Å². The van der Waals surface area contributed by atoms with Crippen molar-refractivity contribution in [1.82, 2.24) is 4.90 Å². The zero-order chi connectivity index (χ0) is 12.4. The molecule has 0 saturated carbocycles. The van der Waals surface area contributed by atoms with Crippen LogP contribution in [0.25, 0.3) is 0 Å². The molecule has 1 aromatic rings. The average Bonchev–Trinajstić information content (AvgIpc) is 2.70. The highest BCUT2D eigenvalue weighted by atomic mass is 35.5. The number of hydrogen-bond donors (Lipinski definition) is 1. The fourth-order valence-corrected chi connectivity index (χ4v) is 2.99. The van der Waals surface area contributed by atoms with E-state index in [4.69, 9.17) is 22.1 Å². The molecule has 0 aliphatic carbocycles. The standard InChI is InChI=1S/C13H19ClN2O/c1-16-7-6-9(8-15)13(16)12-10(14)4-3-5-11(12)17-2/h3-5,9,13H,6-8,15H2,1-2H3. The predicted octanol–water partition coefficient (Wildman–Crippen LogP) is 2.30. The molecule has 0 radical (unpaired) electrons. The average molecular weight is 255 g/mol. The Hall–Kier alpha value is -0.770. The highest BCUT2D eigenvalue weighted by Gasteiger charge is 2.35. The Balaban J connectivity index is 2.44. The van der Waals surface area contributed by atoms with E-state index in [2.05, 4.69) is 11.9 Å². The number of ether oxygens (including phenoxy) is 1. The van der Waals surface area contributed by atoms with Gasteiger partial charge in [0.15, 0.2) is 0 Å². The second kappa shape index (κ2) is 5.25. The van der Waals surface area contributed by atoms with Crippen molar-refractivity contribution in [2.45, 2.75) is 12.5 Å². The first-order chi connectivity index (χ1) is 8.19. The minimum absolute atomic E-state index is 0.267. The Morgan fingerprint density at radius 2 is 2.29 bits per heavy atom. The lowest BCUT2D eigenvalue weighted by Crippen LogP contribution is -2.25. The van der Waals surface area contributed by atoms with Crippen molar-refractivity contribution in [2.75, 3.05) is 27.2 Å². The number of benzene rings is 1. The zero-order valence-corrected chi connectivity index (χ0v) is 11.1. The fourth-order valence-electron chi connectivity index (χ4n) is 2.71. The zero-order valence-electron chi connectivity index (χ0n) is 10.3. The van der Waals surface area contributed by atoms with Crippen LogP contribution in [0.15, 0.2) is 18.2 Å². The van der Waals surface area contributed by atoms with Crippen molar-refractivity contribution in [3.8, 4) is 5.75 Å². The third-order valence-corrected chi connectivity index (χ3v) is 3.93. The number of nitrogens with two attached hydrogens (primary N) is 1. The first-order valence-electron chi connectivity index (χ1n) is 5.91. The van der Waals surface area contributed by atoms with Crippen LogP contribution in [0, 0.1) is 5.92 Å². The van der Waals surface area contributed by atoms with Crippen LogP contribution in [0.5, 0.6) is 5.75 Å². The van der Waals surface area contributed by atoms with Crippen molar-refractivity contribution < 1.29 is 4.74 Å². The number of nitrogens with zero attached hydrogens (tertiary/aromatic N) is 1. The maximum Gasteiger partial charge on any atom is 0.125 e. The van der Waals surface area contributed by atoms with Gasteiger partial charge in [0.25, 0.3) is 0 Å². The summed E-state index contributed by atoms with van der Waals surface area (Å²) in [4.78, 5) is 2.31. The molecule has 2 rings (SSSR count). The van der Waals surface area contributed by atoms with Crippen molar-refractivity contribution in [3.63, 3.8) is 0 Å². The van der Waals surface area contributed by atoms with Crippen LogP contribution in [0.2, 0.25) is 5.02 Å². The molecule has 2 unspecified atom stereocenters. The number of rotatable bonds is 3. The molecule has 3 nitrogen and oxygen atoms in total. The van der Waals surface area contributed by atoms with E-state index >= 15 is 0 Å². The van der Waals surface area contributed by atoms with Crippen molar-refractivity contribution in [1.29, 1.82) is 0 Å². The molecule has 2 N–H and O–H groups in total. The quantitative estimate of drug-likeness (QED) is 0.900. The van der Waals surface area contributed by atoms with Gasteiger partial charge in [-0.05, 0) is 44.6 Å². The second-order valence-electron chi connectivity index (χ2n) is 4.57. The number of halogens is 1. The molecule has 94 valence electrons. The van der Waals surface area contributed by atoms with Gasteiger partial charge < -0.3 is 10.5 Å². The second-order valence-corrected chi connectivity index (χ2v) is 4.97. The van der Waals surface area contributed by atoms with E-state index < -0.39 is 0 Å². The Morgan fingerprint density at radius 1 is 1.53 bits per heavy atom. The van der Waals surface area contributed by atoms with Crippen LogP contribution in [-0.4, -0.2) is 32.1 Å². The molecular formula is C13H19ClN2O. The largest absolute Gasteiger partial charge is 0.496 e. The summed E-state index contributed by atoms with van der Waals surface area (Å²) in [6.45, 7) is 1.74. The molecule has 1 heterocycles. The Labute approximate surface area is 107 Å². The summed E-state index contributed by atoms with van der Waals surface area (Å²) in [5.41, 5.74) is 6.93. The van der Waals surface area contributed by atoms with Crippen LogP contribution in [0.1, 0.15) is 18.0 Å². The van der Waals surface area contributed by atoms with Gasteiger partial charge in [-0.2, -0.15) is 0 Å². The van der Waals surface area contributed by atoms with Crippen LogP contribution < -0.4 is 10.5 Å². The minimum Gasteiger partial charge on any atom is -0.496 e. The molecule has 0 bridgehead atoms. The van der Waals surface area contributed by atoms with E-state index in [0.717, 1.165) is 29.3 Å². The molecule has 0 spiro atoms. The molecule has 0 aromatic heterocycles. The van der Waals surface area contributed by atoms with Gasteiger partial charge in [-0.25, -0.2) is 0 Å². The molecule has 1 saturated heterocycles. The van der Waals surface area contributed by atoms with E-state index in [1.807, 2.05) is 18.2 Å². The third-order valence-electron chi connectivity index (χ3n) is 3.61. The predicted molar refractivity (Wildman–Crippen MR) is 70.5 cm³/mol. The maximum absolute atomic E-state index is 6.33. The lowest BCUT2D eigenvalue weighted by Gasteiger charge is -2.27. The van der Waals surface area contributed by atoms with Gasteiger partial charge in [0.1, 0.15) is 5.75 Å². The fraction of sp³-hybridized carbons (Fsp3) is 0.538. The Morgan fingerprint density at radius 3 is 2.94 bits per heavy atom. The van der Waals surface area contributed by atoms with Gasteiger partial charge in [0.2, 0.25) is 0 Å². The van der Waals surface area contributed by atoms with E-state index in [1.54, 1.807) is 7.11 Å². The topological polar surface area (TPSA) is 38.5 Å². The van der Waals surface area contributed by atoms with E-state index in [-0.39, 0.29) is 6.04 Å². The summed E-state index contributed by atoms with van der Waals surface area (Å²) in [5.74, 6) is 1.31. The lowest BCUT2D eigenvalue weighted by atomic mass is 9.93. The van der Waals surface area contributed by atoms with Gasteiger partial charge in [0.05, 0.1) is 7.11 Å². The third kappa shape index (κ3) is 2.28. The van der Waals surface area contributed by atoms with Crippen LogP contribution in [0.4, 0.5) is 0 Å². The summed E-state index contributed by atoms with van der Waals surface area (Å²) in [7, 11) is 3.80. The Kier molecular flexibility index (Phi) is 3.92. The molecule has 4 heteroatoms. The van der Waals surface area contributed by atoms with Gasteiger partial charge in [-0.1, -0.05) is 17.7 Å². The maximum atomic E-state index is 6.33. The highest BCUT2D eigenvalue weighted by Crippen LogP contribution is 2.42. The number of hydrogen-bond acceptors (Lipinski definition) is 3. The first-order valence-corrected chi connectivity index (χ1v) is 6.29. The monoisotopic (exact) mass is 254 g/mol. The Bertz CT molecular complexity index is 397. The molecule has 1 fully saturated rings. The number of methoxy groups -OCH3 is 1. The molecule has 17 heavy (non-hydrogen) atoms. The summed E-state index contributed by atoms with van der Waals surface area (Å²) in [5, 5.41) is 0.765. The van der Waals surface area contributed by atoms with Gasteiger partial charge in [-0.3, -0.25) is 4.90 Å². The van der Waals surface area contributed by atoms with E-state index in [0.29, 0.717) is 12.5 Å². The number of likely N-dealkylation sites (tertiary alicyclic amines) is 1. The molecular weight excluding hydrogens is 236 g/mol. The first kappa shape index (κ1) is 12.7. The molecule has 1 aromatic carbocycles. The van der Waals surface area contributed by atoms with Crippen molar-refractivity contribution in [3.05, 3.63) is 28.8 Å². The van der Waals surface area contributed by atoms with Crippen LogP contribution >= 0.6 is 11.6 Å². The summed E-state index contributed by atoms with van der Waals surface area (Å²) >= 11 is 6.33. The van der Waals surface area contributed by atoms with Gasteiger partial charge in [0, 0.05) is 16.6 Å². The summed E-state index contributed by atoms with van der Waals surface area (Å²) in [6.07, 6.45) is 1.12. The van der Waals surface area contributed by atoms with E-state index in [1.165, 1.54) is 0 Å². The SMILES string of the molecule is COc1cccc(Cl)c1C1C(CN)CCN1C.